The Morgan fingerprint density at radius 3 is 2.85 bits per heavy atom. The van der Waals surface area contributed by atoms with Gasteiger partial charge in [-0.05, 0) is 23.8 Å². The first-order valence-electron chi connectivity index (χ1n) is 8.31. The molecule has 6 nitrogen and oxygen atoms in total. The van der Waals surface area contributed by atoms with Crippen molar-refractivity contribution in [1.29, 1.82) is 0 Å². The fourth-order valence-electron chi connectivity index (χ4n) is 2.67. The quantitative estimate of drug-likeness (QED) is 0.724. The molecule has 4 rings (SSSR count). The van der Waals surface area contributed by atoms with Crippen molar-refractivity contribution in [3.05, 3.63) is 71.3 Å². The SMILES string of the molecule is O=C(Cc1ccc(F)cc1)Nc1cc(C2CC=CO2)nc(-c2nccs2)n1. The third-order valence-corrected chi connectivity index (χ3v) is 4.70. The summed E-state index contributed by atoms with van der Waals surface area (Å²) in [5, 5.41) is 5.29. The summed E-state index contributed by atoms with van der Waals surface area (Å²) in [6, 6.07) is 7.53. The summed E-state index contributed by atoms with van der Waals surface area (Å²) in [5.41, 5.74) is 1.39. The van der Waals surface area contributed by atoms with E-state index in [0.29, 0.717) is 34.3 Å². The summed E-state index contributed by atoms with van der Waals surface area (Å²) in [4.78, 5) is 25.6. The lowest BCUT2D eigenvalue weighted by atomic mass is 10.1. The molecule has 1 atom stereocenters. The average molecular weight is 382 g/mol. The largest absolute Gasteiger partial charge is 0.492 e. The minimum absolute atomic E-state index is 0.119. The van der Waals surface area contributed by atoms with Crippen molar-refractivity contribution in [3.63, 3.8) is 0 Å². The number of amides is 1. The lowest BCUT2D eigenvalue weighted by Crippen LogP contribution is -2.16. The second-order valence-electron chi connectivity index (χ2n) is 5.92. The van der Waals surface area contributed by atoms with Gasteiger partial charge in [0.25, 0.3) is 0 Å². The Labute approximate surface area is 158 Å². The Balaban J connectivity index is 1.57. The monoisotopic (exact) mass is 382 g/mol. The number of aromatic nitrogens is 3. The molecule has 0 saturated heterocycles. The fourth-order valence-corrected chi connectivity index (χ4v) is 3.24. The number of nitrogens with one attached hydrogen (secondary N) is 1. The molecule has 0 spiro atoms. The van der Waals surface area contributed by atoms with Gasteiger partial charge >= 0.3 is 0 Å². The van der Waals surface area contributed by atoms with Gasteiger partial charge in [-0.2, -0.15) is 0 Å². The zero-order valence-electron chi connectivity index (χ0n) is 14.1. The number of rotatable bonds is 5. The number of anilines is 1. The standard InChI is InChI=1S/C19H15FN4O2S/c20-13-5-3-12(4-6-13)10-17(25)23-16-11-14(15-2-1-8-26-15)22-18(24-16)19-21-7-9-27-19/h1,3-9,11,15H,2,10H2,(H,22,23,24,25). The number of ether oxygens (including phenoxy) is 1. The van der Waals surface area contributed by atoms with Crippen LogP contribution in [-0.4, -0.2) is 20.9 Å². The van der Waals surface area contributed by atoms with Crippen LogP contribution in [0, 0.1) is 5.82 Å². The molecular formula is C19H15FN4O2S. The molecule has 0 bridgehead atoms. The maximum atomic E-state index is 13.0. The molecule has 1 aliphatic heterocycles. The van der Waals surface area contributed by atoms with Crippen molar-refractivity contribution in [2.45, 2.75) is 18.9 Å². The first-order valence-corrected chi connectivity index (χ1v) is 9.19. The molecule has 0 fully saturated rings. The van der Waals surface area contributed by atoms with E-state index in [1.165, 1.54) is 23.5 Å². The summed E-state index contributed by atoms with van der Waals surface area (Å²) in [7, 11) is 0. The van der Waals surface area contributed by atoms with Gasteiger partial charge in [0, 0.05) is 24.1 Å². The van der Waals surface area contributed by atoms with Crippen LogP contribution in [0.3, 0.4) is 0 Å². The molecule has 0 saturated carbocycles. The third kappa shape index (κ3) is 4.17. The van der Waals surface area contributed by atoms with E-state index in [2.05, 4.69) is 20.3 Å². The highest BCUT2D eigenvalue weighted by Crippen LogP contribution is 2.29. The lowest BCUT2D eigenvalue weighted by molar-refractivity contribution is -0.115. The molecule has 8 heteroatoms. The highest BCUT2D eigenvalue weighted by molar-refractivity contribution is 7.13. The van der Waals surface area contributed by atoms with Gasteiger partial charge < -0.3 is 10.1 Å². The van der Waals surface area contributed by atoms with E-state index in [0.717, 1.165) is 0 Å². The Kier molecular flexibility index (Phi) is 4.88. The van der Waals surface area contributed by atoms with Gasteiger partial charge in [0.15, 0.2) is 10.8 Å². The molecule has 1 amide bonds. The van der Waals surface area contributed by atoms with Gasteiger partial charge in [0.05, 0.1) is 18.4 Å². The molecule has 0 radical (unpaired) electrons. The smallest absolute Gasteiger partial charge is 0.229 e. The fraction of sp³-hybridized carbons (Fsp3) is 0.158. The van der Waals surface area contributed by atoms with Crippen LogP contribution in [-0.2, 0) is 16.0 Å². The Morgan fingerprint density at radius 1 is 1.30 bits per heavy atom. The van der Waals surface area contributed by atoms with Crippen molar-refractivity contribution in [1.82, 2.24) is 15.0 Å². The number of hydrogen-bond acceptors (Lipinski definition) is 6. The summed E-state index contributed by atoms with van der Waals surface area (Å²) >= 11 is 1.42. The van der Waals surface area contributed by atoms with Crippen molar-refractivity contribution >= 4 is 23.1 Å². The van der Waals surface area contributed by atoms with Gasteiger partial charge in [-0.1, -0.05) is 12.1 Å². The highest BCUT2D eigenvalue weighted by atomic mass is 32.1. The molecule has 136 valence electrons. The first kappa shape index (κ1) is 17.3. The molecule has 0 aliphatic carbocycles. The van der Waals surface area contributed by atoms with E-state index < -0.39 is 0 Å². The van der Waals surface area contributed by atoms with Crippen LogP contribution < -0.4 is 5.32 Å². The van der Waals surface area contributed by atoms with Gasteiger partial charge in [0.1, 0.15) is 17.7 Å². The van der Waals surface area contributed by atoms with Gasteiger partial charge in [0.2, 0.25) is 5.91 Å². The second-order valence-corrected chi connectivity index (χ2v) is 6.82. The number of nitrogens with zero attached hydrogens (tertiary/aromatic N) is 3. The van der Waals surface area contributed by atoms with Gasteiger partial charge in [-0.3, -0.25) is 4.79 Å². The van der Waals surface area contributed by atoms with Crippen LogP contribution >= 0.6 is 11.3 Å². The van der Waals surface area contributed by atoms with E-state index in [1.807, 2.05) is 11.5 Å². The lowest BCUT2D eigenvalue weighted by Gasteiger charge is -2.13. The second kappa shape index (κ2) is 7.63. The zero-order chi connectivity index (χ0) is 18.6. The first-order chi connectivity index (χ1) is 13.2. The highest BCUT2D eigenvalue weighted by Gasteiger charge is 2.20. The summed E-state index contributed by atoms with van der Waals surface area (Å²) in [6.45, 7) is 0. The normalized spacial score (nSPS) is 15.5. The molecular weight excluding hydrogens is 367 g/mol. The van der Waals surface area contributed by atoms with Crippen molar-refractivity contribution in [2.24, 2.45) is 0 Å². The van der Waals surface area contributed by atoms with Crippen LogP contribution in [0.4, 0.5) is 10.2 Å². The molecule has 27 heavy (non-hydrogen) atoms. The average Bonchev–Trinajstić information content (AvgIpc) is 3.37. The predicted molar refractivity (Wildman–Crippen MR) is 99.5 cm³/mol. The molecule has 3 heterocycles. The van der Waals surface area contributed by atoms with Crippen molar-refractivity contribution < 1.29 is 13.9 Å². The molecule has 3 aromatic rings. The Bertz CT molecular complexity index is 966. The molecule has 1 N–H and O–H groups in total. The van der Waals surface area contributed by atoms with Gasteiger partial charge in [-0.15, -0.1) is 11.3 Å². The van der Waals surface area contributed by atoms with E-state index >= 15 is 0 Å². The van der Waals surface area contributed by atoms with Crippen LogP contribution in [0.2, 0.25) is 0 Å². The summed E-state index contributed by atoms with van der Waals surface area (Å²) < 4.78 is 18.5. The number of thiazole rings is 1. The summed E-state index contributed by atoms with van der Waals surface area (Å²) in [5.74, 6) is 0.238. The number of benzene rings is 1. The number of hydrogen-bond donors (Lipinski definition) is 1. The molecule has 2 aromatic heterocycles. The molecule has 1 aliphatic rings. The predicted octanol–water partition coefficient (Wildman–Crippen LogP) is 3.90. The third-order valence-electron chi connectivity index (χ3n) is 3.93. The number of carbonyl (C=O) groups is 1. The van der Waals surface area contributed by atoms with E-state index in [-0.39, 0.29) is 24.2 Å². The topological polar surface area (TPSA) is 77.0 Å². The molecule has 1 aromatic carbocycles. The van der Waals surface area contributed by atoms with Crippen molar-refractivity contribution in [2.75, 3.05) is 5.32 Å². The molecule has 1 unspecified atom stereocenters. The number of halogens is 1. The van der Waals surface area contributed by atoms with Crippen molar-refractivity contribution in [3.8, 4) is 10.8 Å². The zero-order valence-corrected chi connectivity index (χ0v) is 14.9. The van der Waals surface area contributed by atoms with Gasteiger partial charge in [-0.25, -0.2) is 19.3 Å². The van der Waals surface area contributed by atoms with E-state index in [4.69, 9.17) is 4.74 Å². The minimum atomic E-state index is -0.335. The Morgan fingerprint density at radius 2 is 2.15 bits per heavy atom. The van der Waals surface area contributed by atoms with Crippen LogP contribution in [0.5, 0.6) is 0 Å². The minimum Gasteiger partial charge on any atom is -0.492 e. The number of carbonyl (C=O) groups excluding carboxylic acids is 1. The summed E-state index contributed by atoms with van der Waals surface area (Å²) in [6.07, 6.45) is 5.85. The van der Waals surface area contributed by atoms with E-state index in [1.54, 1.807) is 30.7 Å². The van der Waals surface area contributed by atoms with Crippen LogP contribution in [0.25, 0.3) is 10.8 Å². The maximum Gasteiger partial charge on any atom is 0.229 e. The van der Waals surface area contributed by atoms with E-state index in [9.17, 15) is 9.18 Å². The maximum absolute atomic E-state index is 13.0. The van der Waals surface area contributed by atoms with Crippen LogP contribution in [0.15, 0.2) is 54.2 Å². The van der Waals surface area contributed by atoms with Crippen LogP contribution in [0.1, 0.15) is 23.8 Å². The Hall–Kier alpha value is -3.13.